The van der Waals surface area contributed by atoms with E-state index in [2.05, 4.69) is 44.0 Å². The highest BCUT2D eigenvalue weighted by molar-refractivity contribution is 5.35. The van der Waals surface area contributed by atoms with Crippen molar-refractivity contribution in [2.24, 2.45) is 11.7 Å². The summed E-state index contributed by atoms with van der Waals surface area (Å²) in [4.78, 5) is 2.47. The molecule has 2 nitrogen and oxygen atoms in total. The topological polar surface area (TPSA) is 29.3 Å². The second-order valence-corrected chi connectivity index (χ2v) is 6.13. The Morgan fingerprint density at radius 1 is 1.26 bits per heavy atom. The second kappa shape index (κ2) is 6.53. The zero-order chi connectivity index (χ0) is 13.8. The number of aryl methyl sites for hydroxylation is 1. The molecule has 0 aliphatic heterocycles. The van der Waals surface area contributed by atoms with E-state index in [1.807, 2.05) is 0 Å². The van der Waals surface area contributed by atoms with Gasteiger partial charge in [0.1, 0.15) is 0 Å². The molecule has 0 aromatic heterocycles. The highest BCUT2D eigenvalue weighted by atomic mass is 15.1. The van der Waals surface area contributed by atoms with Crippen molar-refractivity contribution in [1.29, 1.82) is 0 Å². The van der Waals surface area contributed by atoms with Crippen LogP contribution in [0, 0.1) is 19.8 Å². The molecule has 2 heteroatoms. The zero-order valence-corrected chi connectivity index (χ0v) is 12.7. The van der Waals surface area contributed by atoms with E-state index in [0.29, 0.717) is 12.6 Å². The molecule has 0 heterocycles. The maximum atomic E-state index is 6.06. The Kier molecular flexibility index (Phi) is 5.00. The van der Waals surface area contributed by atoms with E-state index in [-0.39, 0.29) is 0 Å². The van der Waals surface area contributed by atoms with Crippen LogP contribution in [0.4, 0.5) is 0 Å². The first-order chi connectivity index (χ1) is 9.13. The fourth-order valence-corrected chi connectivity index (χ4v) is 3.41. The van der Waals surface area contributed by atoms with Crippen LogP contribution in [0.15, 0.2) is 18.2 Å². The van der Waals surface area contributed by atoms with Gasteiger partial charge in [-0.05, 0) is 56.3 Å². The van der Waals surface area contributed by atoms with Crippen molar-refractivity contribution in [2.75, 3.05) is 20.1 Å². The Labute approximate surface area is 118 Å². The minimum atomic E-state index is 0.362. The number of hydrogen-bond acceptors (Lipinski definition) is 2. The average molecular weight is 260 g/mol. The van der Waals surface area contributed by atoms with E-state index < -0.39 is 0 Å². The van der Waals surface area contributed by atoms with E-state index >= 15 is 0 Å². The fraction of sp³-hybridized carbons (Fsp3) is 0.647. The second-order valence-electron chi connectivity index (χ2n) is 6.13. The quantitative estimate of drug-likeness (QED) is 0.879. The van der Waals surface area contributed by atoms with Gasteiger partial charge in [-0.1, -0.05) is 31.0 Å². The predicted octanol–water partition coefficient (Wildman–Crippen LogP) is 3.43. The van der Waals surface area contributed by atoms with Gasteiger partial charge in [0, 0.05) is 19.1 Å². The Morgan fingerprint density at radius 2 is 1.95 bits per heavy atom. The number of nitrogens with zero attached hydrogens (tertiary/aromatic N) is 1. The van der Waals surface area contributed by atoms with Gasteiger partial charge >= 0.3 is 0 Å². The smallest absolute Gasteiger partial charge is 0.0470 e. The van der Waals surface area contributed by atoms with Gasteiger partial charge in [-0.25, -0.2) is 0 Å². The van der Waals surface area contributed by atoms with Crippen LogP contribution in [0.2, 0.25) is 0 Å². The third-order valence-electron chi connectivity index (χ3n) is 4.78. The van der Waals surface area contributed by atoms with Crippen LogP contribution in [0.1, 0.15) is 48.4 Å². The van der Waals surface area contributed by atoms with Gasteiger partial charge in [0.25, 0.3) is 0 Å². The highest BCUT2D eigenvalue weighted by Gasteiger charge is 2.22. The molecule has 19 heavy (non-hydrogen) atoms. The summed E-state index contributed by atoms with van der Waals surface area (Å²) in [5.74, 6) is 0.879. The molecule has 1 aliphatic carbocycles. The number of benzene rings is 1. The van der Waals surface area contributed by atoms with Crippen molar-refractivity contribution >= 4 is 0 Å². The van der Waals surface area contributed by atoms with Gasteiger partial charge in [0.15, 0.2) is 0 Å². The predicted molar refractivity (Wildman–Crippen MR) is 82.3 cm³/mol. The van der Waals surface area contributed by atoms with Crippen molar-refractivity contribution in [3.8, 4) is 0 Å². The molecular formula is C17H28N2. The van der Waals surface area contributed by atoms with Gasteiger partial charge in [0.05, 0.1) is 0 Å². The maximum Gasteiger partial charge on any atom is 0.0470 e. The SMILES string of the molecule is Cc1cccc(C(CN)N(C)CC2CCCC2)c1C. The van der Waals surface area contributed by atoms with Crippen molar-refractivity contribution in [3.63, 3.8) is 0 Å². The molecule has 0 saturated heterocycles. The molecule has 1 aliphatic rings. The lowest BCUT2D eigenvalue weighted by molar-refractivity contribution is 0.212. The number of rotatable bonds is 5. The molecule has 0 amide bonds. The Hall–Kier alpha value is -0.860. The van der Waals surface area contributed by atoms with Crippen LogP contribution in [0.3, 0.4) is 0 Å². The molecule has 0 bridgehead atoms. The van der Waals surface area contributed by atoms with Crippen LogP contribution in [0.5, 0.6) is 0 Å². The van der Waals surface area contributed by atoms with Gasteiger partial charge in [-0.15, -0.1) is 0 Å². The summed E-state index contributed by atoms with van der Waals surface area (Å²) in [5, 5.41) is 0. The zero-order valence-electron chi connectivity index (χ0n) is 12.7. The number of likely N-dealkylation sites (N-methyl/N-ethyl adjacent to an activating group) is 1. The molecule has 106 valence electrons. The van der Waals surface area contributed by atoms with Crippen LogP contribution in [-0.2, 0) is 0 Å². The van der Waals surface area contributed by atoms with Gasteiger partial charge in [-0.2, -0.15) is 0 Å². The van der Waals surface area contributed by atoms with Crippen molar-refractivity contribution in [1.82, 2.24) is 4.90 Å². The van der Waals surface area contributed by atoms with Crippen LogP contribution < -0.4 is 5.73 Å². The molecule has 0 radical (unpaired) electrons. The van der Waals surface area contributed by atoms with Crippen molar-refractivity contribution in [3.05, 3.63) is 34.9 Å². The number of hydrogen-bond donors (Lipinski definition) is 1. The van der Waals surface area contributed by atoms with E-state index in [9.17, 15) is 0 Å². The summed E-state index contributed by atoms with van der Waals surface area (Å²) in [6.07, 6.45) is 5.62. The molecule has 1 aromatic carbocycles. The lowest BCUT2D eigenvalue weighted by Gasteiger charge is -2.31. The molecule has 2 rings (SSSR count). The summed E-state index contributed by atoms with van der Waals surface area (Å²) in [6, 6.07) is 6.94. The first kappa shape index (κ1) is 14.5. The standard InChI is InChI=1S/C17H28N2/c1-13-7-6-10-16(14(13)2)17(11-18)19(3)12-15-8-4-5-9-15/h6-7,10,15,17H,4-5,8-9,11-12,18H2,1-3H3. The van der Waals surface area contributed by atoms with Gasteiger partial charge in [-0.3, -0.25) is 4.90 Å². The molecule has 1 aromatic rings. The highest BCUT2D eigenvalue weighted by Crippen LogP contribution is 2.29. The van der Waals surface area contributed by atoms with E-state index in [1.165, 1.54) is 48.9 Å². The van der Waals surface area contributed by atoms with Gasteiger partial charge < -0.3 is 5.73 Å². The normalized spacial score (nSPS) is 18.2. The van der Waals surface area contributed by atoms with E-state index in [1.54, 1.807) is 0 Å². The number of nitrogens with two attached hydrogens (primary N) is 1. The molecule has 0 spiro atoms. The fourth-order valence-electron chi connectivity index (χ4n) is 3.41. The minimum Gasteiger partial charge on any atom is -0.329 e. The molecule has 2 N–H and O–H groups in total. The third-order valence-corrected chi connectivity index (χ3v) is 4.78. The summed E-state index contributed by atoms with van der Waals surface area (Å²) in [7, 11) is 2.23. The Bertz CT molecular complexity index is 408. The third kappa shape index (κ3) is 3.37. The first-order valence-electron chi connectivity index (χ1n) is 7.60. The summed E-state index contributed by atoms with van der Waals surface area (Å²) in [5.41, 5.74) is 10.2. The van der Waals surface area contributed by atoms with Crippen LogP contribution in [0.25, 0.3) is 0 Å². The Balaban J connectivity index is 2.11. The van der Waals surface area contributed by atoms with E-state index in [4.69, 9.17) is 5.73 Å². The minimum absolute atomic E-state index is 0.362. The lowest BCUT2D eigenvalue weighted by Crippen LogP contribution is -2.34. The first-order valence-corrected chi connectivity index (χ1v) is 7.60. The molecule has 1 atom stereocenters. The molecule has 1 saturated carbocycles. The van der Waals surface area contributed by atoms with Crippen molar-refractivity contribution < 1.29 is 0 Å². The largest absolute Gasteiger partial charge is 0.329 e. The monoisotopic (exact) mass is 260 g/mol. The summed E-state index contributed by atoms with van der Waals surface area (Å²) in [6.45, 7) is 6.29. The summed E-state index contributed by atoms with van der Waals surface area (Å²) < 4.78 is 0. The van der Waals surface area contributed by atoms with Crippen LogP contribution >= 0.6 is 0 Å². The maximum absolute atomic E-state index is 6.06. The van der Waals surface area contributed by atoms with Crippen LogP contribution in [-0.4, -0.2) is 25.0 Å². The molecule has 1 fully saturated rings. The summed E-state index contributed by atoms with van der Waals surface area (Å²) >= 11 is 0. The van der Waals surface area contributed by atoms with Gasteiger partial charge in [0.2, 0.25) is 0 Å². The van der Waals surface area contributed by atoms with Crippen molar-refractivity contribution in [2.45, 2.75) is 45.6 Å². The van der Waals surface area contributed by atoms with E-state index in [0.717, 1.165) is 5.92 Å². The molecule has 1 unspecified atom stereocenters. The Morgan fingerprint density at radius 3 is 2.58 bits per heavy atom. The molecular weight excluding hydrogens is 232 g/mol. The lowest BCUT2D eigenvalue weighted by atomic mass is 9.95. The average Bonchev–Trinajstić information content (AvgIpc) is 2.88.